The monoisotopic (exact) mass is 234 g/mol. The van der Waals surface area contributed by atoms with E-state index in [9.17, 15) is 0 Å². The molecule has 0 heterocycles. The maximum absolute atomic E-state index is 5.61. The van der Waals surface area contributed by atoms with E-state index in [0.29, 0.717) is 0 Å². The third kappa shape index (κ3) is 6.77. The molecule has 0 amide bonds. The Bertz CT molecular complexity index is 149. The Balaban J connectivity index is -0.000000213. The molecule has 0 saturated heterocycles. The molecule has 0 saturated carbocycles. The fourth-order valence-electron chi connectivity index (χ4n) is 0.533. The minimum absolute atomic E-state index is 0. The highest BCUT2D eigenvalue weighted by atomic mass is 35.5. The summed E-state index contributed by atoms with van der Waals surface area (Å²) in [5, 5.41) is 0.801. The zero-order chi connectivity index (χ0) is 5.98. The lowest BCUT2D eigenvalue weighted by Crippen LogP contribution is -1.66. The highest BCUT2D eigenvalue weighted by molar-refractivity contribution is 6.30. The van der Waals surface area contributed by atoms with Crippen molar-refractivity contribution in [1.82, 2.24) is 0 Å². The maximum Gasteiger partial charge on any atom is 0.0406 e. The zero-order valence-corrected chi connectivity index (χ0v) is 9.12. The molecule has 0 aliphatic rings. The lowest BCUT2D eigenvalue weighted by Gasteiger charge is -1.88. The van der Waals surface area contributed by atoms with Crippen LogP contribution in [0.15, 0.2) is 24.3 Å². The molecule has 0 bridgehead atoms. The molecule has 0 fully saturated rings. The highest BCUT2D eigenvalue weighted by Gasteiger charge is 1.81. The van der Waals surface area contributed by atoms with Crippen LogP contribution in [0.1, 0.15) is 5.56 Å². The fourth-order valence-corrected chi connectivity index (χ4v) is 0.659. The SMILES string of the molecule is Cc1ccc(Cl)cc1.Cl.Cl.Cl. The minimum Gasteiger partial charge on any atom is -0.147 e. The van der Waals surface area contributed by atoms with Crippen molar-refractivity contribution in [3.8, 4) is 0 Å². The molecular weight excluding hydrogens is 226 g/mol. The van der Waals surface area contributed by atoms with Gasteiger partial charge in [0, 0.05) is 5.02 Å². The third-order valence-corrected chi connectivity index (χ3v) is 1.26. The van der Waals surface area contributed by atoms with Crippen LogP contribution in [-0.2, 0) is 0 Å². The van der Waals surface area contributed by atoms with Crippen LogP contribution in [0.2, 0.25) is 5.02 Å². The lowest BCUT2D eigenvalue weighted by molar-refractivity contribution is 1.48. The van der Waals surface area contributed by atoms with E-state index in [0.717, 1.165) is 5.02 Å². The number of aryl methyl sites for hydroxylation is 1. The first-order valence-electron chi connectivity index (χ1n) is 2.51. The van der Waals surface area contributed by atoms with Crippen LogP contribution < -0.4 is 0 Å². The Hall–Kier alpha value is 0.380. The van der Waals surface area contributed by atoms with Crippen molar-refractivity contribution >= 4 is 48.8 Å². The molecule has 1 rings (SSSR count). The zero-order valence-electron chi connectivity index (χ0n) is 5.91. The van der Waals surface area contributed by atoms with Gasteiger partial charge in [0.2, 0.25) is 0 Å². The van der Waals surface area contributed by atoms with Gasteiger partial charge in [-0.15, -0.1) is 37.2 Å². The fraction of sp³-hybridized carbons (Fsp3) is 0.143. The van der Waals surface area contributed by atoms with Crippen molar-refractivity contribution < 1.29 is 0 Å². The van der Waals surface area contributed by atoms with Crippen molar-refractivity contribution in [2.24, 2.45) is 0 Å². The van der Waals surface area contributed by atoms with Crippen molar-refractivity contribution in [2.75, 3.05) is 0 Å². The predicted octanol–water partition coefficient (Wildman–Crippen LogP) is 3.91. The maximum atomic E-state index is 5.61. The van der Waals surface area contributed by atoms with E-state index in [1.54, 1.807) is 0 Å². The molecule has 0 aromatic heterocycles. The first-order chi connectivity index (χ1) is 3.79. The van der Waals surface area contributed by atoms with Gasteiger partial charge in [-0.3, -0.25) is 0 Å². The smallest absolute Gasteiger partial charge is 0.0406 e. The van der Waals surface area contributed by atoms with E-state index >= 15 is 0 Å². The summed E-state index contributed by atoms with van der Waals surface area (Å²) in [6.07, 6.45) is 0. The van der Waals surface area contributed by atoms with Crippen molar-refractivity contribution in [2.45, 2.75) is 6.92 Å². The van der Waals surface area contributed by atoms with Gasteiger partial charge in [0.1, 0.15) is 0 Å². The Labute approximate surface area is 90.6 Å². The lowest BCUT2D eigenvalue weighted by atomic mass is 10.2. The number of rotatable bonds is 0. The van der Waals surface area contributed by atoms with Gasteiger partial charge in [-0.05, 0) is 19.1 Å². The second-order valence-corrected chi connectivity index (χ2v) is 2.23. The first kappa shape index (κ1) is 17.5. The van der Waals surface area contributed by atoms with Gasteiger partial charge >= 0.3 is 0 Å². The molecule has 0 spiro atoms. The molecule has 4 heteroatoms. The average Bonchev–Trinajstić information content (AvgIpc) is 1.77. The summed E-state index contributed by atoms with van der Waals surface area (Å²) in [7, 11) is 0. The van der Waals surface area contributed by atoms with Gasteiger partial charge in [0.25, 0.3) is 0 Å². The molecule has 66 valence electrons. The van der Waals surface area contributed by atoms with Crippen LogP contribution in [0.3, 0.4) is 0 Å². The van der Waals surface area contributed by atoms with Crippen molar-refractivity contribution in [3.63, 3.8) is 0 Å². The summed E-state index contributed by atoms with van der Waals surface area (Å²) in [6.45, 7) is 2.04. The summed E-state index contributed by atoms with van der Waals surface area (Å²) in [4.78, 5) is 0. The summed E-state index contributed by atoms with van der Waals surface area (Å²) in [6, 6.07) is 7.75. The molecule has 0 radical (unpaired) electrons. The Kier molecular flexibility index (Phi) is 13.5. The van der Waals surface area contributed by atoms with Crippen molar-refractivity contribution in [1.29, 1.82) is 0 Å². The number of halogens is 4. The summed E-state index contributed by atoms with van der Waals surface area (Å²) in [5.74, 6) is 0. The molecular formula is C7H10Cl4. The quantitative estimate of drug-likeness (QED) is 0.640. The number of benzene rings is 1. The van der Waals surface area contributed by atoms with E-state index in [1.807, 2.05) is 31.2 Å². The Morgan fingerprint density at radius 1 is 0.909 bits per heavy atom. The molecule has 1 aromatic rings. The van der Waals surface area contributed by atoms with E-state index in [4.69, 9.17) is 11.6 Å². The van der Waals surface area contributed by atoms with Crippen LogP contribution in [0.5, 0.6) is 0 Å². The van der Waals surface area contributed by atoms with Gasteiger partial charge in [0.15, 0.2) is 0 Å². The second-order valence-electron chi connectivity index (χ2n) is 1.80. The minimum atomic E-state index is 0. The van der Waals surface area contributed by atoms with Crippen LogP contribution >= 0.6 is 48.8 Å². The van der Waals surface area contributed by atoms with E-state index < -0.39 is 0 Å². The van der Waals surface area contributed by atoms with E-state index in [-0.39, 0.29) is 37.2 Å². The standard InChI is InChI=1S/C7H7Cl.3ClH/c1-6-2-4-7(8)5-3-6;;;/h2-5H,1H3;3*1H. The van der Waals surface area contributed by atoms with Gasteiger partial charge in [-0.25, -0.2) is 0 Å². The number of hydrogen-bond donors (Lipinski definition) is 0. The Morgan fingerprint density at radius 3 is 1.55 bits per heavy atom. The molecule has 0 N–H and O–H groups in total. The Morgan fingerprint density at radius 2 is 1.27 bits per heavy atom. The molecule has 0 unspecified atom stereocenters. The molecule has 11 heavy (non-hydrogen) atoms. The van der Waals surface area contributed by atoms with Crippen LogP contribution in [0, 0.1) is 6.92 Å². The topological polar surface area (TPSA) is 0 Å². The highest BCUT2D eigenvalue weighted by Crippen LogP contribution is 2.07. The molecule has 0 nitrogen and oxygen atoms in total. The number of hydrogen-bond acceptors (Lipinski definition) is 0. The normalized spacial score (nSPS) is 6.73. The molecule has 0 aliphatic heterocycles. The predicted molar refractivity (Wildman–Crippen MR) is 57.9 cm³/mol. The average molecular weight is 236 g/mol. The molecule has 0 aliphatic carbocycles. The van der Waals surface area contributed by atoms with E-state index in [1.165, 1.54) is 5.56 Å². The summed E-state index contributed by atoms with van der Waals surface area (Å²) >= 11 is 5.61. The molecule has 0 atom stereocenters. The van der Waals surface area contributed by atoms with Crippen LogP contribution in [0.4, 0.5) is 0 Å². The van der Waals surface area contributed by atoms with Gasteiger partial charge in [0.05, 0.1) is 0 Å². The summed E-state index contributed by atoms with van der Waals surface area (Å²) < 4.78 is 0. The van der Waals surface area contributed by atoms with Gasteiger partial charge < -0.3 is 0 Å². The first-order valence-corrected chi connectivity index (χ1v) is 2.89. The van der Waals surface area contributed by atoms with Crippen LogP contribution in [-0.4, -0.2) is 0 Å². The van der Waals surface area contributed by atoms with Gasteiger partial charge in [-0.2, -0.15) is 0 Å². The second kappa shape index (κ2) is 8.48. The third-order valence-electron chi connectivity index (χ3n) is 1.01. The van der Waals surface area contributed by atoms with Gasteiger partial charge in [-0.1, -0.05) is 29.3 Å². The van der Waals surface area contributed by atoms with Crippen molar-refractivity contribution in [3.05, 3.63) is 34.9 Å². The molecule has 1 aromatic carbocycles. The van der Waals surface area contributed by atoms with E-state index in [2.05, 4.69) is 0 Å². The largest absolute Gasteiger partial charge is 0.147 e. The summed E-state index contributed by atoms with van der Waals surface area (Å²) in [5.41, 5.74) is 1.24. The van der Waals surface area contributed by atoms with Crippen LogP contribution in [0.25, 0.3) is 0 Å².